The van der Waals surface area contributed by atoms with Crippen molar-refractivity contribution < 1.29 is 9.53 Å². The Bertz CT molecular complexity index is 445. The summed E-state index contributed by atoms with van der Waals surface area (Å²) in [6, 6.07) is 8.42. The van der Waals surface area contributed by atoms with Crippen molar-refractivity contribution >= 4 is 5.97 Å². The van der Waals surface area contributed by atoms with Crippen LogP contribution in [0.1, 0.15) is 51.7 Å². The van der Waals surface area contributed by atoms with Gasteiger partial charge in [-0.1, -0.05) is 38.1 Å². The summed E-state index contributed by atoms with van der Waals surface area (Å²) in [6.07, 6.45) is 2.09. The van der Waals surface area contributed by atoms with E-state index in [0.29, 0.717) is 6.42 Å². The van der Waals surface area contributed by atoms with Gasteiger partial charge in [0.25, 0.3) is 0 Å². The minimum atomic E-state index is -0.510. The summed E-state index contributed by atoms with van der Waals surface area (Å²) >= 11 is 0. The number of carbonyl (C=O) groups is 1. The highest BCUT2D eigenvalue weighted by Crippen LogP contribution is 2.40. The van der Waals surface area contributed by atoms with Gasteiger partial charge in [0.05, 0.1) is 13.5 Å². The highest BCUT2D eigenvalue weighted by Gasteiger charge is 2.44. The van der Waals surface area contributed by atoms with Crippen LogP contribution in [0.5, 0.6) is 0 Å². The van der Waals surface area contributed by atoms with Gasteiger partial charge in [0, 0.05) is 11.0 Å². The Hall–Kier alpha value is -1.35. The van der Waals surface area contributed by atoms with Gasteiger partial charge in [-0.15, -0.1) is 0 Å². The number of methoxy groups -OCH3 is 1. The van der Waals surface area contributed by atoms with Crippen LogP contribution in [-0.2, 0) is 21.4 Å². The van der Waals surface area contributed by atoms with Gasteiger partial charge in [-0.05, 0) is 37.8 Å². The van der Waals surface area contributed by atoms with Crippen molar-refractivity contribution in [1.82, 2.24) is 0 Å². The first-order valence-corrected chi connectivity index (χ1v) is 7.25. The number of benzene rings is 1. The molecule has 1 aromatic carbocycles. The number of hydrogen-bond acceptors (Lipinski definition) is 3. The van der Waals surface area contributed by atoms with E-state index in [2.05, 4.69) is 38.1 Å². The number of nitrogens with two attached hydrogens (primary N) is 1. The molecule has 1 rings (SSSR count). The second-order valence-electron chi connectivity index (χ2n) is 5.96. The van der Waals surface area contributed by atoms with Gasteiger partial charge >= 0.3 is 5.97 Å². The Morgan fingerprint density at radius 2 is 1.75 bits per heavy atom. The van der Waals surface area contributed by atoms with Crippen molar-refractivity contribution in [3.8, 4) is 0 Å². The van der Waals surface area contributed by atoms with Crippen LogP contribution in [-0.4, -0.2) is 18.6 Å². The summed E-state index contributed by atoms with van der Waals surface area (Å²) in [7, 11) is 1.42. The highest BCUT2D eigenvalue weighted by atomic mass is 16.5. The molecule has 0 fully saturated rings. The topological polar surface area (TPSA) is 52.3 Å². The maximum absolute atomic E-state index is 11.9. The fraction of sp³-hybridized carbons (Fsp3) is 0.588. The standard InChI is InChI=1S/C17H27NO2/c1-6-13-8-10-14(11-9-13)17(7-2,16(3,4)18)12-15(19)20-5/h8-11H,6-7,12,18H2,1-5H3. The Labute approximate surface area is 122 Å². The molecule has 0 bridgehead atoms. The van der Waals surface area contributed by atoms with E-state index in [-0.39, 0.29) is 5.97 Å². The number of carbonyl (C=O) groups excluding carboxylic acids is 1. The van der Waals surface area contributed by atoms with E-state index in [1.54, 1.807) is 0 Å². The van der Waals surface area contributed by atoms with E-state index in [9.17, 15) is 4.79 Å². The van der Waals surface area contributed by atoms with Crippen LogP contribution in [0.3, 0.4) is 0 Å². The maximum atomic E-state index is 11.9. The van der Waals surface area contributed by atoms with Crippen LogP contribution in [0.2, 0.25) is 0 Å². The third kappa shape index (κ3) is 3.21. The van der Waals surface area contributed by atoms with Crippen molar-refractivity contribution in [1.29, 1.82) is 0 Å². The zero-order chi connectivity index (χ0) is 15.4. The molecule has 1 atom stereocenters. The Balaban J connectivity index is 3.30. The first-order chi connectivity index (χ1) is 9.30. The van der Waals surface area contributed by atoms with E-state index in [1.807, 2.05) is 13.8 Å². The molecule has 0 amide bonds. The minimum absolute atomic E-state index is 0.218. The molecular formula is C17H27NO2. The summed E-state index contributed by atoms with van der Waals surface area (Å²) in [4.78, 5) is 11.9. The molecule has 1 unspecified atom stereocenters. The lowest BCUT2D eigenvalue weighted by Gasteiger charge is -2.44. The van der Waals surface area contributed by atoms with E-state index in [0.717, 1.165) is 18.4 Å². The molecule has 3 heteroatoms. The molecular weight excluding hydrogens is 250 g/mol. The number of esters is 1. The van der Waals surface area contributed by atoms with Gasteiger partial charge in [-0.2, -0.15) is 0 Å². The van der Waals surface area contributed by atoms with Crippen molar-refractivity contribution in [2.45, 2.75) is 57.9 Å². The molecule has 0 aliphatic rings. The predicted octanol–water partition coefficient (Wildman–Crippen LogP) is 3.20. The van der Waals surface area contributed by atoms with Crippen LogP contribution in [0, 0.1) is 0 Å². The largest absolute Gasteiger partial charge is 0.469 e. The van der Waals surface area contributed by atoms with Gasteiger partial charge in [-0.25, -0.2) is 0 Å². The molecule has 0 heterocycles. The lowest BCUT2D eigenvalue weighted by Crippen LogP contribution is -2.54. The van der Waals surface area contributed by atoms with E-state index >= 15 is 0 Å². The Morgan fingerprint density at radius 3 is 2.10 bits per heavy atom. The average molecular weight is 277 g/mol. The van der Waals surface area contributed by atoms with Gasteiger partial charge in [0.2, 0.25) is 0 Å². The van der Waals surface area contributed by atoms with Gasteiger partial charge in [-0.3, -0.25) is 4.79 Å². The third-order valence-electron chi connectivity index (χ3n) is 4.43. The number of aryl methyl sites for hydroxylation is 1. The number of rotatable bonds is 6. The SMILES string of the molecule is CCc1ccc(C(CC)(CC(=O)OC)C(C)(C)N)cc1. The lowest BCUT2D eigenvalue weighted by molar-refractivity contribution is -0.143. The molecule has 0 aliphatic heterocycles. The third-order valence-corrected chi connectivity index (χ3v) is 4.43. The van der Waals surface area contributed by atoms with Crippen LogP contribution >= 0.6 is 0 Å². The molecule has 0 saturated carbocycles. The molecule has 112 valence electrons. The predicted molar refractivity (Wildman–Crippen MR) is 82.7 cm³/mol. The zero-order valence-corrected chi connectivity index (χ0v) is 13.3. The van der Waals surface area contributed by atoms with Crippen LogP contribution in [0.25, 0.3) is 0 Å². The molecule has 3 nitrogen and oxygen atoms in total. The molecule has 20 heavy (non-hydrogen) atoms. The number of ether oxygens (including phenoxy) is 1. The minimum Gasteiger partial charge on any atom is -0.469 e. The summed E-state index contributed by atoms with van der Waals surface area (Å²) < 4.78 is 4.87. The summed E-state index contributed by atoms with van der Waals surface area (Å²) in [6.45, 7) is 8.16. The van der Waals surface area contributed by atoms with Crippen molar-refractivity contribution in [3.63, 3.8) is 0 Å². The molecule has 2 N–H and O–H groups in total. The maximum Gasteiger partial charge on any atom is 0.306 e. The van der Waals surface area contributed by atoms with Crippen LogP contribution in [0.15, 0.2) is 24.3 Å². The van der Waals surface area contributed by atoms with Crippen LogP contribution < -0.4 is 5.73 Å². The number of hydrogen-bond donors (Lipinski definition) is 1. The van der Waals surface area contributed by atoms with Crippen molar-refractivity contribution in [3.05, 3.63) is 35.4 Å². The summed E-state index contributed by atoms with van der Waals surface area (Å²) in [5.74, 6) is -0.218. The Kier molecular flexibility index (Phi) is 5.35. The van der Waals surface area contributed by atoms with Crippen LogP contribution in [0.4, 0.5) is 0 Å². The zero-order valence-electron chi connectivity index (χ0n) is 13.3. The first-order valence-electron chi connectivity index (χ1n) is 7.25. The Morgan fingerprint density at radius 1 is 1.20 bits per heavy atom. The fourth-order valence-corrected chi connectivity index (χ4v) is 2.86. The molecule has 0 radical (unpaired) electrons. The first kappa shape index (κ1) is 16.7. The normalized spacial score (nSPS) is 14.7. The molecule has 0 saturated heterocycles. The monoisotopic (exact) mass is 277 g/mol. The molecule has 1 aromatic rings. The van der Waals surface area contributed by atoms with E-state index < -0.39 is 11.0 Å². The summed E-state index contributed by atoms with van der Waals surface area (Å²) in [5.41, 5.74) is 7.89. The van der Waals surface area contributed by atoms with Crippen molar-refractivity contribution in [2.75, 3.05) is 7.11 Å². The molecule has 0 spiro atoms. The average Bonchev–Trinajstić information content (AvgIpc) is 2.43. The smallest absolute Gasteiger partial charge is 0.306 e. The second-order valence-corrected chi connectivity index (χ2v) is 5.96. The summed E-state index contributed by atoms with van der Waals surface area (Å²) in [5, 5.41) is 0. The van der Waals surface area contributed by atoms with E-state index in [4.69, 9.17) is 10.5 Å². The quantitative estimate of drug-likeness (QED) is 0.812. The second kappa shape index (κ2) is 6.40. The molecule has 0 aromatic heterocycles. The fourth-order valence-electron chi connectivity index (χ4n) is 2.86. The molecule has 0 aliphatic carbocycles. The van der Waals surface area contributed by atoms with Gasteiger partial charge in [0.15, 0.2) is 0 Å². The van der Waals surface area contributed by atoms with Crippen molar-refractivity contribution in [2.24, 2.45) is 5.73 Å². The lowest BCUT2D eigenvalue weighted by atomic mass is 9.63. The van der Waals surface area contributed by atoms with E-state index in [1.165, 1.54) is 12.7 Å². The highest BCUT2D eigenvalue weighted by molar-refractivity contribution is 5.72. The van der Waals surface area contributed by atoms with Gasteiger partial charge in [0.1, 0.15) is 0 Å². The van der Waals surface area contributed by atoms with Gasteiger partial charge < -0.3 is 10.5 Å².